The van der Waals surface area contributed by atoms with Gasteiger partial charge in [0.1, 0.15) is 11.9 Å². The van der Waals surface area contributed by atoms with Gasteiger partial charge in [-0.1, -0.05) is 24.6 Å². The van der Waals surface area contributed by atoms with Crippen molar-refractivity contribution >= 4 is 11.6 Å². The van der Waals surface area contributed by atoms with E-state index in [2.05, 4.69) is 46.6 Å². The van der Waals surface area contributed by atoms with Crippen LogP contribution in [0.25, 0.3) is 16.9 Å². The van der Waals surface area contributed by atoms with Crippen molar-refractivity contribution in [3.63, 3.8) is 0 Å². The van der Waals surface area contributed by atoms with Gasteiger partial charge in [0.25, 0.3) is 0 Å². The Bertz CT molecular complexity index is 1160. The molecule has 2 aliphatic heterocycles. The van der Waals surface area contributed by atoms with Crippen LogP contribution in [0.2, 0.25) is 0 Å². The molecule has 0 radical (unpaired) electrons. The van der Waals surface area contributed by atoms with Gasteiger partial charge in [0, 0.05) is 18.7 Å². The van der Waals surface area contributed by atoms with Gasteiger partial charge in [-0.3, -0.25) is 4.79 Å². The highest BCUT2D eigenvalue weighted by Gasteiger charge is 2.52. The van der Waals surface area contributed by atoms with Crippen LogP contribution in [0.4, 0.5) is 5.69 Å². The van der Waals surface area contributed by atoms with Crippen LogP contribution in [-0.2, 0) is 10.2 Å². The van der Waals surface area contributed by atoms with Crippen molar-refractivity contribution in [2.24, 2.45) is 0 Å². The van der Waals surface area contributed by atoms with Gasteiger partial charge in [0.2, 0.25) is 5.91 Å². The third-order valence-electron chi connectivity index (χ3n) is 7.40. The summed E-state index contributed by atoms with van der Waals surface area (Å²) in [6.45, 7) is 2.06. The number of ether oxygens (including phenoxy) is 1. The molecule has 3 aliphatic rings. The van der Waals surface area contributed by atoms with Gasteiger partial charge >= 0.3 is 0 Å². The molecule has 3 heterocycles. The lowest BCUT2D eigenvalue weighted by Gasteiger charge is -2.36. The molecule has 6 nitrogen and oxygen atoms in total. The second-order valence-corrected chi connectivity index (χ2v) is 9.37. The number of fused-ring (bicyclic) bond motifs is 2. The van der Waals surface area contributed by atoms with E-state index in [1.807, 2.05) is 35.1 Å². The van der Waals surface area contributed by atoms with Crippen LogP contribution in [0, 0.1) is 0 Å². The highest BCUT2D eigenvalue weighted by atomic mass is 16.5. The molecule has 1 aliphatic carbocycles. The first kappa shape index (κ1) is 19.6. The molecule has 0 unspecified atom stereocenters. The number of nitrogens with zero attached hydrogens (tertiary/aromatic N) is 3. The second-order valence-electron chi connectivity index (χ2n) is 9.37. The van der Waals surface area contributed by atoms with Crippen LogP contribution in [0.1, 0.15) is 37.7 Å². The highest BCUT2D eigenvalue weighted by Crippen LogP contribution is 2.55. The number of benzene rings is 2. The molecule has 1 saturated carbocycles. The van der Waals surface area contributed by atoms with Gasteiger partial charge in [-0.2, -0.15) is 5.10 Å². The lowest BCUT2D eigenvalue weighted by atomic mass is 9.65. The monoisotopic (exact) mass is 428 g/mol. The van der Waals surface area contributed by atoms with Gasteiger partial charge in [-0.25, -0.2) is 4.68 Å². The molecule has 3 aromatic rings. The number of hydrogen-bond acceptors (Lipinski definition) is 4. The smallest absolute Gasteiger partial charge is 0.235 e. The number of carbonyl (C=O) groups excluding carboxylic acids is 1. The van der Waals surface area contributed by atoms with E-state index in [-0.39, 0.29) is 12.0 Å². The Labute approximate surface area is 188 Å². The van der Waals surface area contributed by atoms with Crippen molar-refractivity contribution < 1.29 is 9.53 Å². The van der Waals surface area contributed by atoms with Crippen molar-refractivity contribution in [3.8, 4) is 22.7 Å². The Morgan fingerprint density at radius 2 is 1.88 bits per heavy atom. The van der Waals surface area contributed by atoms with Crippen LogP contribution in [-0.4, -0.2) is 46.8 Å². The summed E-state index contributed by atoms with van der Waals surface area (Å²) < 4.78 is 8.53. The van der Waals surface area contributed by atoms with Crippen molar-refractivity contribution in [1.29, 1.82) is 0 Å². The van der Waals surface area contributed by atoms with Gasteiger partial charge in [0.05, 0.1) is 28.7 Å². The van der Waals surface area contributed by atoms with Crippen molar-refractivity contribution in [1.82, 2.24) is 14.7 Å². The van der Waals surface area contributed by atoms with Crippen LogP contribution in [0.15, 0.2) is 54.7 Å². The Morgan fingerprint density at radius 3 is 2.59 bits per heavy atom. The molecule has 0 atom stereocenters. The van der Waals surface area contributed by atoms with Crippen molar-refractivity contribution in [2.75, 3.05) is 25.5 Å². The third-order valence-corrected chi connectivity index (χ3v) is 7.40. The number of nitrogens with one attached hydrogen (secondary N) is 1. The van der Waals surface area contributed by atoms with E-state index in [1.165, 1.54) is 0 Å². The molecule has 1 aromatic heterocycles. The van der Waals surface area contributed by atoms with Crippen molar-refractivity contribution in [3.05, 3.63) is 60.3 Å². The molecule has 1 spiro atoms. The predicted molar refractivity (Wildman–Crippen MR) is 124 cm³/mol. The molecule has 1 saturated heterocycles. The van der Waals surface area contributed by atoms with Gasteiger partial charge in [0.15, 0.2) is 0 Å². The molecule has 1 amide bonds. The molecule has 6 rings (SSSR count). The van der Waals surface area contributed by atoms with E-state index in [0.717, 1.165) is 79.1 Å². The fraction of sp³-hybridized carbons (Fsp3) is 0.385. The number of piperidine rings is 1. The average Bonchev–Trinajstić information content (AvgIpc) is 3.38. The maximum absolute atomic E-state index is 13.0. The van der Waals surface area contributed by atoms with E-state index >= 15 is 0 Å². The van der Waals surface area contributed by atoms with Gasteiger partial charge < -0.3 is 15.0 Å². The standard InChI is InChI=1S/C26H28N4O2/c1-29-14-9-20(10-15-29)32-23-17-18(16-21-24(23)28-25(31)26(21)11-5-12-26)22-8-13-27-30(22)19-6-3-2-4-7-19/h2-4,6-8,13,16-17,20H,5,9-12,14-15H2,1H3,(H,28,31). The topological polar surface area (TPSA) is 59.4 Å². The number of amides is 1. The summed E-state index contributed by atoms with van der Waals surface area (Å²) >= 11 is 0. The Kier molecular flexibility index (Phi) is 4.57. The van der Waals surface area contributed by atoms with Crippen LogP contribution in [0.5, 0.6) is 5.75 Å². The summed E-state index contributed by atoms with van der Waals surface area (Å²) in [5.74, 6) is 0.922. The summed E-state index contributed by atoms with van der Waals surface area (Å²) in [6, 6.07) is 16.5. The average molecular weight is 429 g/mol. The molecule has 1 N–H and O–H groups in total. The lowest BCUT2D eigenvalue weighted by molar-refractivity contribution is -0.123. The first-order chi connectivity index (χ1) is 15.6. The third kappa shape index (κ3) is 3.05. The normalized spacial score (nSPS) is 20.1. The fourth-order valence-corrected chi connectivity index (χ4v) is 5.32. The fourth-order valence-electron chi connectivity index (χ4n) is 5.32. The van der Waals surface area contributed by atoms with Gasteiger partial charge in [-0.15, -0.1) is 0 Å². The largest absolute Gasteiger partial charge is 0.488 e. The first-order valence-electron chi connectivity index (χ1n) is 11.6. The number of aromatic nitrogens is 2. The van der Waals surface area contributed by atoms with Crippen LogP contribution < -0.4 is 10.1 Å². The number of para-hydroxylation sites is 1. The van der Waals surface area contributed by atoms with E-state index in [0.29, 0.717) is 0 Å². The zero-order valence-corrected chi connectivity index (χ0v) is 18.4. The maximum atomic E-state index is 13.0. The summed E-state index contributed by atoms with van der Waals surface area (Å²) in [6.07, 6.45) is 6.88. The number of rotatable bonds is 4. The lowest BCUT2D eigenvalue weighted by Crippen LogP contribution is -2.40. The van der Waals surface area contributed by atoms with Crippen LogP contribution in [0.3, 0.4) is 0 Å². The summed E-state index contributed by atoms with van der Waals surface area (Å²) in [7, 11) is 2.15. The van der Waals surface area contributed by atoms with E-state index in [9.17, 15) is 4.79 Å². The molecular formula is C26H28N4O2. The quantitative estimate of drug-likeness (QED) is 0.670. The van der Waals surface area contributed by atoms with Crippen molar-refractivity contribution in [2.45, 2.75) is 43.6 Å². The minimum Gasteiger partial charge on any atom is -0.488 e. The number of likely N-dealkylation sites (tertiary alicyclic amines) is 1. The molecule has 2 aromatic carbocycles. The molecular weight excluding hydrogens is 400 g/mol. The zero-order chi connectivity index (χ0) is 21.7. The number of hydrogen-bond donors (Lipinski definition) is 1. The summed E-state index contributed by atoms with van der Waals surface area (Å²) in [5, 5.41) is 7.76. The van der Waals surface area contributed by atoms with Crippen LogP contribution >= 0.6 is 0 Å². The first-order valence-corrected chi connectivity index (χ1v) is 11.6. The second kappa shape index (κ2) is 7.48. The van der Waals surface area contributed by atoms with E-state index in [1.54, 1.807) is 0 Å². The molecule has 6 heteroatoms. The SMILES string of the molecule is CN1CCC(Oc2cc(-c3ccnn3-c3ccccc3)cc3c2NC(=O)C32CCC2)CC1. The number of anilines is 1. The molecule has 2 fully saturated rings. The minimum absolute atomic E-state index is 0.126. The van der Waals surface area contributed by atoms with E-state index < -0.39 is 5.41 Å². The highest BCUT2D eigenvalue weighted by molar-refractivity contribution is 6.09. The number of carbonyl (C=O) groups is 1. The Morgan fingerprint density at radius 1 is 1.09 bits per heavy atom. The van der Waals surface area contributed by atoms with E-state index in [4.69, 9.17) is 4.74 Å². The summed E-state index contributed by atoms with van der Waals surface area (Å²) in [4.78, 5) is 15.4. The predicted octanol–water partition coefficient (Wildman–Crippen LogP) is 4.39. The van der Waals surface area contributed by atoms with Gasteiger partial charge in [-0.05, 0) is 68.6 Å². The Balaban J connectivity index is 1.45. The summed E-state index contributed by atoms with van der Waals surface area (Å²) in [5.41, 5.74) is 4.63. The molecule has 0 bridgehead atoms. The Hall–Kier alpha value is -3.12. The zero-order valence-electron chi connectivity index (χ0n) is 18.4. The maximum Gasteiger partial charge on any atom is 0.235 e. The molecule has 164 valence electrons. The minimum atomic E-state index is -0.395. The molecule has 32 heavy (non-hydrogen) atoms.